The van der Waals surface area contributed by atoms with E-state index in [0.29, 0.717) is 18.3 Å². The van der Waals surface area contributed by atoms with Crippen LogP contribution in [0.5, 0.6) is 0 Å². The predicted octanol–water partition coefficient (Wildman–Crippen LogP) is 1.49. The Hall–Kier alpha value is -1.91. The number of hydrogen-bond donors (Lipinski definition) is 2. The van der Waals surface area contributed by atoms with Crippen molar-refractivity contribution in [2.24, 2.45) is 11.8 Å². The standard InChI is InChI=1S/C14H19N3O2/c1-9-3-4-12(16-8-9)17-13(18)5-6-15-14(19)11-7-10(11)2/h3-4,8,10-11H,5-7H2,1-2H3,(H,15,19)(H,16,17,18). The summed E-state index contributed by atoms with van der Waals surface area (Å²) < 4.78 is 0. The van der Waals surface area contributed by atoms with Gasteiger partial charge in [-0.1, -0.05) is 13.0 Å². The molecule has 0 spiro atoms. The summed E-state index contributed by atoms with van der Waals surface area (Å²) in [5, 5.41) is 5.48. The van der Waals surface area contributed by atoms with Crippen molar-refractivity contribution >= 4 is 17.6 Å². The Kier molecular flexibility index (Phi) is 4.14. The summed E-state index contributed by atoms with van der Waals surface area (Å²) in [6, 6.07) is 3.65. The maximum atomic E-state index is 11.6. The van der Waals surface area contributed by atoms with Crippen molar-refractivity contribution in [2.75, 3.05) is 11.9 Å². The third-order valence-electron chi connectivity index (χ3n) is 3.28. The van der Waals surface area contributed by atoms with E-state index in [-0.39, 0.29) is 24.2 Å². The molecule has 2 N–H and O–H groups in total. The van der Waals surface area contributed by atoms with Gasteiger partial charge in [-0.25, -0.2) is 4.98 Å². The Morgan fingerprint density at radius 3 is 2.74 bits per heavy atom. The van der Waals surface area contributed by atoms with Gasteiger partial charge >= 0.3 is 0 Å². The molecular weight excluding hydrogens is 242 g/mol. The molecule has 1 aliphatic carbocycles. The van der Waals surface area contributed by atoms with E-state index >= 15 is 0 Å². The van der Waals surface area contributed by atoms with Crippen molar-refractivity contribution in [2.45, 2.75) is 26.7 Å². The number of carbonyl (C=O) groups is 2. The fourth-order valence-electron chi connectivity index (χ4n) is 1.86. The number of pyridine rings is 1. The smallest absolute Gasteiger partial charge is 0.227 e. The van der Waals surface area contributed by atoms with Crippen molar-refractivity contribution in [1.29, 1.82) is 0 Å². The van der Waals surface area contributed by atoms with Crippen molar-refractivity contribution in [3.8, 4) is 0 Å². The predicted molar refractivity (Wildman–Crippen MR) is 72.5 cm³/mol. The monoisotopic (exact) mass is 261 g/mol. The van der Waals surface area contributed by atoms with Crippen LogP contribution in [0.15, 0.2) is 18.3 Å². The molecule has 5 heteroatoms. The number of rotatable bonds is 5. The normalized spacial score (nSPS) is 20.7. The summed E-state index contributed by atoms with van der Waals surface area (Å²) >= 11 is 0. The molecular formula is C14H19N3O2. The number of aromatic nitrogens is 1. The van der Waals surface area contributed by atoms with E-state index < -0.39 is 0 Å². The van der Waals surface area contributed by atoms with E-state index in [1.807, 2.05) is 13.0 Å². The van der Waals surface area contributed by atoms with Crippen LogP contribution in [-0.2, 0) is 9.59 Å². The van der Waals surface area contributed by atoms with E-state index in [9.17, 15) is 9.59 Å². The van der Waals surface area contributed by atoms with E-state index in [2.05, 4.69) is 22.5 Å². The zero-order valence-electron chi connectivity index (χ0n) is 11.3. The molecule has 0 aromatic carbocycles. The molecule has 0 radical (unpaired) electrons. The topological polar surface area (TPSA) is 71.1 Å². The van der Waals surface area contributed by atoms with Crippen LogP contribution < -0.4 is 10.6 Å². The lowest BCUT2D eigenvalue weighted by Crippen LogP contribution is -2.29. The molecule has 102 valence electrons. The van der Waals surface area contributed by atoms with Crippen LogP contribution >= 0.6 is 0 Å². The second-order valence-electron chi connectivity index (χ2n) is 5.13. The second kappa shape index (κ2) is 5.82. The van der Waals surface area contributed by atoms with Crippen molar-refractivity contribution in [3.63, 3.8) is 0 Å². The Balaban J connectivity index is 1.67. The highest BCUT2D eigenvalue weighted by Crippen LogP contribution is 2.37. The Labute approximate surface area is 112 Å². The Morgan fingerprint density at radius 2 is 2.16 bits per heavy atom. The SMILES string of the molecule is Cc1ccc(NC(=O)CCNC(=O)C2CC2C)nc1. The quantitative estimate of drug-likeness (QED) is 0.843. The summed E-state index contributed by atoms with van der Waals surface area (Å²) in [6.07, 6.45) is 2.93. The molecule has 0 saturated heterocycles. The largest absolute Gasteiger partial charge is 0.355 e. The van der Waals surface area contributed by atoms with Crippen LogP contribution in [-0.4, -0.2) is 23.3 Å². The third-order valence-corrected chi connectivity index (χ3v) is 3.28. The van der Waals surface area contributed by atoms with Gasteiger partial charge in [-0.05, 0) is 30.9 Å². The molecule has 2 unspecified atom stereocenters. The lowest BCUT2D eigenvalue weighted by molar-refractivity contribution is -0.122. The van der Waals surface area contributed by atoms with Gasteiger partial charge in [-0.2, -0.15) is 0 Å². The zero-order valence-corrected chi connectivity index (χ0v) is 11.3. The molecule has 5 nitrogen and oxygen atoms in total. The van der Waals surface area contributed by atoms with Crippen LogP contribution in [0, 0.1) is 18.8 Å². The van der Waals surface area contributed by atoms with E-state index in [0.717, 1.165) is 12.0 Å². The van der Waals surface area contributed by atoms with Gasteiger partial charge in [0.25, 0.3) is 0 Å². The van der Waals surface area contributed by atoms with Crippen molar-refractivity contribution < 1.29 is 9.59 Å². The maximum absolute atomic E-state index is 11.6. The summed E-state index contributed by atoms with van der Waals surface area (Å²) in [5.74, 6) is 1.11. The van der Waals surface area contributed by atoms with Crippen molar-refractivity contribution in [1.82, 2.24) is 10.3 Å². The fourth-order valence-corrected chi connectivity index (χ4v) is 1.86. The van der Waals surface area contributed by atoms with Gasteiger partial charge < -0.3 is 10.6 Å². The molecule has 0 aliphatic heterocycles. The van der Waals surface area contributed by atoms with Crippen LogP contribution in [0.4, 0.5) is 5.82 Å². The third kappa shape index (κ3) is 4.05. The van der Waals surface area contributed by atoms with Crippen LogP contribution in [0.3, 0.4) is 0 Å². The highest BCUT2D eigenvalue weighted by atomic mass is 16.2. The highest BCUT2D eigenvalue weighted by molar-refractivity contribution is 5.90. The highest BCUT2D eigenvalue weighted by Gasteiger charge is 2.38. The molecule has 19 heavy (non-hydrogen) atoms. The molecule has 1 aromatic rings. The minimum Gasteiger partial charge on any atom is -0.355 e. The first kappa shape index (κ1) is 13.5. The van der Waals surface area contributed by atoms with Gasteiger partial charge in [0.05, 0.1) is 0 Å². The van der Waals surface area contributed by atoms with E-state index in [1.54, 1.807) is 12.3 Å². The molecule has 2 amide bonds. The average Bonchev–Trinajstić information content (AvgIpc) is 3.09. The van der Waals surface area contributed by atoms with E-state index in [1.165, 1.54) is 0 Å². The minimum absolute atomic E-state index is 0.0637. The molecule has 1 heterocycles. The number of hydrogen-bond acceptors (Lipinski definition) is 3. The van der Waals surface area contributed by atoms with E-state index in [4.69, 9.17) is 0 Å². The molecule has 0 bridgehead atoms. The number of carbonyl (C=O) groups excluding carboxylic acids is 2. The molecule has 2 atom stereocenters. The second-order valence-corrected chi connectivity index (χ2v) is 5.13. The average molecular weight is 261 g/mol. The Bertz CT molecular complexity index is 470. The number of anilines is 1. The zero-order chi connectivity index (χ0) is 13.8. The van der Waals surface area contributed by atoms with Gasteiger partial charge in [0, 0.05) is 25.1 Å². The first-order valence-corrected chi connectivity index (χ1v) is 6.56. The summed E-state index contributed by atoms with van der Waals surface area (Å²) in [6.45, 7) is 4.37. The molecule has 1 fully saturated rings. The van der Waals surface area contributed by atoms with Gasteiger partial charge in [0.15, 0.2) is 0 Å². The molecule has 1 aromatic heterocycles. The molecule has 2 rings (SSSR count). The van der Waals surface area contributed by atoms with Gasteiger partial charge in [0.2, 0.25) is 11.8 Å². The van der Waals surface area contributed by atoms with Crippen LogP contribution in [0.25, 0.3) is 0 Å². The lowest BCUT2D eigenvalue weighted by atomic mass is 10.3. The number of nitrogens with zero attached hydrogens (tertiary/aromatic N) is 1. The number of aryl methyl sites for hydroxylation is 1. The Morgan fingerprint density at radius 1 is 1.42 bits per heavy atom. The first-order chi connectivity index (χ1) is 9.06. The number of nitrogens with one attached hydrogen (secondary N) is 2. The van der Waals surface area contributed by atoms with Crippen molar-refractivity contribution in [3.05, 3.63) is 23.9 Å². The first-order valence-electron chi connectivity index (χ1n) is 6.56. The van der Waals surface area contributed by atoms with Crippen LogP contribution in [0.1, 0.15) is 25.3 Å². The lowest BCUT2D eigenvalue weighted by Gasteiger charge is -2.06. The summed E-state index contributed by atoms with van der Waals surface area (Å²) in [5.41, 5.74) is 1.05. The number of amides is 2. The summed E-state index contributed by atoms with van der Waals surface area (Å²) in [4.78, 5) is 27.3. The minimum atomic E-state index is -0.138. The fraction of sp³-hybridized carbons (Fsp3) is 0.500. The van der Waals surface area contributed by atoms with Gasteiger partial charge in [-0.15, -0.1) is 0 Å². The summed E-state index contributed by atoms with van der Waals surface area (Å²) in [7, 11) is 0. The van der Waals surface area contributed by atoms with Gasteiger partial charge in [0.1, 0.15) is 5.82 Å². The van der Waals surface area contributed by atoms with Gasteiger partial charge in [-0.3, -0.25) is 9.59 Å². The van der Waals surface area contributed by atoms with Crippen LogP contribution in [0.2, 0.25) is 0 Å². The molecule has 1 saturated carbocycles. The maximum Gasteiger partial charge on any atom is 0.227 e. The molecule has 1 aliphatic rings.